The Balaban J connectivity index is 1.08. The quantitative estimate of drug-likeness (QED) is 0.0253. The van der Waals surface area contributed by atoms with Gasteiger partial charge in [0.15, 0.2) is 0 Å². The molecule has 5 aromatic rings. The number of sulfonamides is 1. The van der Waals surface area contributed by atoms with Gasteiger partial charge in [-0.05, 0) is 111 Å². The number of nitrogens with one attached hydrogen (secondary N) is 3. The fraction of sp³-hybridized carbons (Fsp3) is 0.347. The summed E-state index contributed by atoms with van der Waals surface area (Å²) in [5.41, 5.74) is 4.65. The summed E-state index contributed by atoms with van der Waals surface area (Å²) < 4.78 is 29.2. The zero-order valence-corrected chi connectivity index (χ0v) is 40.3. The number of carbonyl (C=O) groups excluding carboxylic acids is 2. The number of amides is 2. The van der Waals surface area contributed by atoms with Crippen molar-refractivity contribution in [3.05, 3.63) is 148 Å². The van der Waals surface area contributed by atoms with Gasteiger partial charge in [0.05, 0.1) is 9.82 Å². The van der Waals surface area contributed by atoms with Crippen LogP contribution in [-0.4, -0.2) is 97.3 Å². The maximum atomic E-state index is 13.6. The summed E-state index contributed by atoms with van der Waals surface area (Å²) in [6, 6.07) is 35.9. The smallest absolute Gasteiger partial charge is 0.293 e. The highest BCUT2D eigenvalue weighted by atomic mass is 35.5. The van der Waals surface area contributed by atoms with E-state index in [2.05, 4.69) is 42.9 Å². The lowest BCUT2D eigenvalue weighted by molar-refractivity contribution is -0.384. The molecule has 1 saturated heterocycles. The van der Waals surface area contributed by atoms with Crippen LogP contribution < -0.4 is 20.4 Å². The van der Waals surface area contributed by atoms with Crippen molar-refractivity contribution in [1.29, 1.82) is 0 Å². The average Bonchev–Trinajstić information content (AvgIpc) is 3.30. The maximum absolute atomic E-state index is 13.6. The second-order valence-corrected chi connectivity index (χ2v) is 21.0. The fourth-order valence-corrected chi connectivity index (χ4v) is 10.3. The average molecular weight is 957 g/mol. The van der Waals surface area contributed by atoms with Gasteiger partial charge in [-0.25, -0.2) is 18.6 Å². The monoisotopic (exact) mass is 955 g/mol. The molecular weight excluding hydrogens is 898 g/mol. The molecule has 4 N–H and O–H groups in total. The van der Waals surface area contributed by atoms with Crippen molar-refractivity contribution in [2.75, 3.05) is 55.7 Å². The summed E-state index contributed by atoms with van der Waals surface area (Å²) in [5, 5.41) is 25.7. The molecule has 1 aliphatic rings. The Kier molecular flexibility index (Phi) is 16.5. The van der Waals surface area contributed by atoms with Gasteiger partial charge >= 0.3 is 0 Å². The topological polar surface area (TPSA) is 177 Å². The Labute approximate surface area is 396 Å². The molecule has 350 valence electrons. The SMILES string of the molecule is CN(CC[C@H](CSc1ccccc1)Nc1ccc(S(=O)(=O)NC(=O)c2ccc(N3CCN(Cc4ccccc4-c4ccc(Cl)cc4)CC3)cc2)cc1[N+](=O)[O-])C(C)(C)CC(C)(C)C(=O)NO. The molecule has 1 fully saturated rings. The van der Waals surface area contributed by atoms with E-state index in [4.69, 9.17) is 11.6 Å². The molecule has 0 unspecified atom stereocenters. The van der Waals surface area contributed by atoms with Gasteiger partial charge < -0.3 is 15.1 Å². The summed E-state index contributed by atoms with van der Waals surface area (Å²) >= 11 is 7.71. The normalized spacial score (nSPS) is 14.2. The predicted molar refractivity (Wildman–Crippen MR) is 263 cm³/mol. The van der Waals surface area contributed by atoms with E-state index >= 15 is 0 Å². The van der Waals surface area contributed by atoms with E-state index in [1.807, 2.05) is 81.6 Å². The van der Waals surface area contributed by atoms with Crippen LogP contribution in [0.3, 0.4) is 0 Å². The number of benzene rings is 5. The lowest BCUT2D eigenvalue weighted by Gasteiger charge is -2.41. The van der Waals surface area contributed by atoms with E-state index in [0.717, 1.165) is 54.9 Å². The number of halogens is 1. The molecule has 1 heterocycles. The first-order valence-electron chi connectivity index (χ1n) is 21.7. The first-order valence-corrected chi connectivity index (χ1v) is 24.6. The Morgan fingerprint density at radius 3 is 2.20 bits per heavy atom. The Hall–Kier alpha value is -5.49. The minimum Gasteiger partial charge on any atom is -0.376 e. The Morgan fingerprint density at radius 2 is 1.55 bits per heavy atom. The second kappa shape index (κ2) is 21.9. The van der Waals surface area contributed by atoms with Gasteiger partial charge in [-0.15, -0.1) is 11.8 Å². The third kappa shape index (κ3) is 13.1. The number of anilines is 2. The number of nitro groups is 1. The number of carbonyl (C=O) groups is 2. The van der Waals surface area contributed by atoms with Crippen LogP contribution in [0.4, 0.5) is 17.1 Å². The Bertz CT molecular complexity index is 2570. The lowest BCUT2D eigenvalue weighted by atomic mass is 9.78. The second-order valence-electron chi connectivity index (χ2n) is 17.8. The molecule has 0 saturated carbocycles. The largest absolute Gasteiger partial charge is 0.376 e. The van der Waals surface area contributed by atoms with Crippen LogP contribution in [0.25, 0.3) is 11.1 Å². The van der Waals surface area contributed by atoms with Crippen LogP contribution >= 0.6 is 23.4 Å². The molecule has 0 bridgehead atoms. The van der Waals surface area contributed by atoms with E-state index in [-0.39, 0.29) is 17.3 Å². The van der Waals surface area contributed by atoms with Crippen molar-refractivity contribution in [2.45, 2.75) is 68.5 Å². The fourth-order valence-electron chi connectivity index (χ4n) is 8.22. The summed E-state index contributed by atoms with van der Waals surface area (Å²) in [6.07, 6.45) is 0.973. The minimum atomic E-state index is -4.51. The van der Waals surface area contributed by atoms with Crippen molar-refractivity contribution in [2.24, 2.45) is 5.41 Å². The first-order chi connectivity index (χ1) is 31.3. The molecule has 2 amide bonds. The van der Waals surface area contributed by atoms with Gasteiger partial charge in [-0.3, -0.25) is 29.8 Å². The molecule has 1 atom stereocenters. The number of hydroxylamine groups is 1. The molecule has 6 rings (SSSR count). The number of nitro benzene ring substituents is 1. The number of hydrogen-bond donors (Lipinski definition) is 4. The van der Waals surface area contributed by atoms with Crippen LogP contribution in [0.2, 0.25) is 5.02 Å². The molecule has 1 aliphatic heterocycles. The molecule has 66 heavy (non-hydrogen) atoms. The van der Waals surface area contributed by atoms with Crippen molar-refractivity contribution < 1.29 is 28.1 Å². The molecule has 0 spiro atoms. The summed E-state index contributed by atoms with van der Waals surface area (Å²) in [6.45, 7) is 12.1. The zero-order chi connectivity index (χ0) is 47.6. The van der Waals surface area contributed by atoms with Gasteiger partial charge in [0.2, 0.25) is 5.91 Å². The van der Waals surface area contributed by atoms with Gasteiger partial charge in [-0.2, -0.15) is 0 Å². The van der Waals surface area contributed by atoms with Gasteiger partial charge in [0.25, 0.3) is 21.6 Å². The van der Waals surface area contributed by atoms with E-state index in [1.54, 1.807) is 55.4 Å². The Morgan fingerprint density at radius 1 is 0.894 bits per heavy atom. The molecule has 0 aromatic heterocycles. The molecule has 17 heteroatoms. The summed E-state index contributed by atoms with van der Waals surface area (Å²) in [7, 11) is -2.57. The van der Waals surface area contributed by atoms with Crippen LogP contribution in [0, 0.1) is 15.5 Å². The van der Waals surface area contributed by atoms with Crippen LogP contribution in [0.5, 0.6) is 0 Å². The van der Waals surface area contributed by atoms with E-state index in [0.29, 0.717) is 30.2 Å². The van der Waals surface area contributed by atoms with Crippen LogP contribution in [-0.2, 0) is 21.4 Å². The van der Waals surface area contributed by atoms with Crippen LogP contribution in [0.15, 0.2) is 131 Å². The van der Waals surface area contributed by atoms with E-state index < -0.39 is 48.3 Å². The van der Waals surface area contributed by atoms with Crippen molar-refractivity contribution in [3.8, 4) is 11.1 Å². The molecule has 5 aromatic carbocycles. The van der Waals surface area contributed by atoms with Crippen LogP contribution in [0.1, 0.15) is 56.5 Å². The number of hydrogen-bond acceptors (Lipinski definition) is 12. The van der Waals surface area contributed by atoms with Gasteiger partial charge in [0, 0.05) is 89.3 Å². The predicted octanol–water partition coefficient (Wildman–Crippen LogP) is 8.95. The molecule has 0 radical (unpaired) electrons. The summed E-state index contributed by atoms with van der Waals surface area (Å²) in [4.78, 5) is 44.8. The highest BCUT2D eigenvalue weighted by Gasteiger charge is 2.37. The number of nitrogens with zero attached hydrogens (tertiary/aromatic N) is 4. The third-order valence-corrected chi connectivity index (χ3v) is 14.9. The first kappa shape index (κ1) is 49.9. The van der Waals surface area contributed by atoms with Crippen molar-refractivity contribution in [1.82, 2.24) is 20.0 Å². The van der Waals surface area contributed by atoms with Gasteiger partial charge in [0.1, 0.15) is 5.69 Å². The highest BCUT2D eigenvalue weighted by molar-refractivity contribution is 7.99. The number of piperazine rings is 1. The zero-order valence-electron chi connectivity index (χ0n) is 37.9. The minimum absolute atomic E-state index is 0.125. The molecular formula is C49H58ClN7O7S2. The van der Waals surface area contributed by atoms with E-state index in [1.165, 1.54) is 23.3 Å². The highest BCUT2D eigenvalue weighted by Crippen LogP contribution is 2.34. The van der Waals surface area contributed by atoms with E-state index in [9.17, 15) is 33.3 Å². The van der Waals surface area contributed by atoms with Gasteiger partial charge in [-0.1, -0.05) is 80.0 Å². The van der Waals surface area contributed by atoms with Crippen molar-refractivity contribution >= 4 is 62.3 Å². The number of thioether (sulfide) groups is 1. The van der Waals surface area contributed by atoms with Crippen molar-refractivity contribution in [3.63, 3.8) is 0 Å². The molecule has 14 nitrogen and oxygen atoms in total. The maximum Gasteiger partial charge on any atom is 0.293 e. The summed E-state index contributed by atoms with van der Waals surface area (Å²) in [5.74, 6) is -0.818. The molecule has 0 aliphatic carbocycles. The number of rotatable bonds is 20. The lowest BCUT2D eigenvalue weighted by Crippen LogP contribution is -2.49. The third-order valence-electron chi connectivity index (χ3n) is 12.1. The standard InChI is InChI=1S/C49H58ClN7O7S2/c1-48(2,47(59)52-60)34-49(3,4)54(5)26-25-39(33-65-41-12-7-6-8-13-41)51-44-24-23-42(31-45(44)57(61)62)66(63,64)53-46(58)36-17-21-40(22-18-36)56-29-27-55(28-30-56)32-37-11-9-10-14-43(37)35-15-19-38(50)20-16-35/h6-24,31,39,51,60H,25-30,32-34H2,1-5H3,(H,52,59)(H,53,58)/t39-/m1/s1.